The smallest absolute Gasteiger partial charge is 0.229 e. The average Bonchev–Trinajstić information content (AvgIpc) is 2.90. The molecule has 1 unspecified atom stereocenters. The molecule has 1 aromatic heterocycles. The number of likely N-dealkylation sites (N-methyl/N-ethyl adjacent to an activating group) is 1. The van der Waals surface area contributed by atoms with Crippen molar-refractivity contribution in [3.05, 3.63) is 54.1 Å². The second kappa shape index (κ2) is 10.9. The first kappa shape index (κ1) is 24.0. The SMILES string of the molecule is CN1CCN(c2ccc(Nc3nc(NC4CCCCO4)c(C=N)c(-c4cccc(N)c4)n3)cc2)CC1. The predicted molar refractivity (Wildman–Crippen MR) is 146 cm³/mol. The Bertz CT molecular complexity index is 1180. The van der Waals surface area contributed by atoms with Gasteiger partial charge in [-0.1, -0.05) is 12.1 Å². The summed E-state index contributed by atoms with van der Waals surface area (Å²) in [6, 6.07) is 15.9. The zero-order valence-electron chi connectivity index (χ0n) is 20.7. The summed E-state index contributed by atoms with van der Waals surface area (Å²) in [6.45, 7) is 4.91. The zero-order chi connectivity index (χ0) is 24.9. The van der Waals surface area contributed by atoms with E-state index in [1.54, 1.807) is 0 Å². The van der Waals surface area contributed by atoms with Crippen LogP contribution in [0.15, 0.2) is 48.5 Å². The third kappa shape index (κ3) is 5.58. The van der Waals surface area contributed by atoms with Crippen molar-refractivity contribution >= 4 is 35.0 Å². The summed E-state index contributed by atoms with van der Waals surface area (Å²) in [7, 11) is 2.16. The zero-order valence-corrected chi connectivity index (χ0v) is 20.7. The van der Waals surface area contributed by atoms with Crippen LogP contribution in [0.5, 0.6) is 0 Å². The number of nitrogen functional groups attached to an aromatic ring is 1. The van der Waals surface area contributed by atoms with E-state index in [1.807, 2.05) is 24.3 Å². The summed E-state index contributed by atoms with van der Waals surface area (Å²) in [5, 5.41) is 14.9. The Kier molecular flexibility index (Phi) is 7.29. The quantitative estimate of drug-likeness (QED) is 0.291. The number of hydrogen-bond donors (Lipinski definition) is 4. The first-order chi connectivity index (χ1) is 17.6. The lowest BCUT2D eigenvalue weighted by molar-refractivity contribution is 0.0341. The van der Waals surface area contributed by atoms with Crippen molar-refractivity contribution in [3.63, 3.8) is 0 Å². The van der Waals surface area contributed by atoms with Gasteiger partial charge in [-0.2, -0.15) is 4.98 Å². The van der Waals surface area contributed by atoms with Gasteiger partial charge >= 0.3 is 0 Å². The van der Waals surface area contributed by atoms with Crippen molar-refractivity contribution in [1.82, 2.24) is 14.9 Å². The van der Waals surface area contributed by atoms with Crippen LogP contribution in [0.2, 0.25) is 0 Å². The Hall–Kier alpha value is -3.69. The minimum Gasteiger partial charge on any atom is -0.399 e. The molecule has 188 valence electrons. The standard InChI is InChI=1S/C27H34N8O/c1-34-12-14-35(15-13-34)22-10-8-21(9-11-22)30-27-32-25(19-5-4-6-20(29)17-19)23(18-28)26(33-27)31-24-7-2-3-16-36-24/h4-6,8-11,17-18,24,28H,2-3,7,12-16,29H2,1H3,(H2,30,31,32,33). The fourth-order valence-electron chi connectivity index (χ4n) is 4.63. The van der Waals surface area contributed by atoms with Crippen molar-refractivity contribution < 1.29 is 4.74 Å². The Balaban J connectivity index is 1.44. The maximum atomic E-state index is 8.13. The largest absolute Gasteiger partial charge is 0.399 e. The molecule has 0 spiro atoms. The molecule has 0 radical (unpaired) electrons. The van der Waals surface area contributed by atoms with E-state index >= 15 is 0 Å². The van der Waals surface area contributed by atoms with Crippen molar-refractivity contribution in [3.8, 4) is 11.3 Å². The third-order valence-corrected chi connectivity index (χ3v) is 6.72. The Morgan fingerprint density at radius 1 is 1.06 bits per heavy atom. The number of nitrogens with two attached hydrogens (primary N) is 1. The summed E-state index contributed by atoms with van der Waals surface area (Å²) in [6.07, 6.45) is 4.20. The molecular weight excluding hydrogens is 452 g/mol. The van der Waals surface area contributed by atoms with Gasteiger partial charge in [0.1, 0.15) is 12.0 Å². The first-order valence-electron chi connectivity index (χ1n) is 12.6. The van der Waals surface area contributed by atoms with Crippen LogP contribution in [0.25, 0.3) is 11.3 Å². The highest BCUT2D eigenvalue weighted by molar-refractivity contribution is 5.94. The molecule has 0 amide bonds. The van der Waals surface area contributed by atoms with E-state index in [-0.39, 0.29) is 6.23 Å². The van der Waals surface area contributed by atoms with Crippen LogP contribution < -0.4 is 21.3 Å². The van der Waals surface area contributed by atoms with E-state index in [0.29, 0.717) is 28.7 Å². The highest BCUT2D eigenvalue weighted by Gasteiger charge is 2.20. The number of nitrogens with zero attached hydrogens (tertiary/aromatic N) is 4. The van der Waals surface area contributed by atoms with Crippen LogP contribution in [-0.4, -0.2) is 67.1 Å². The Morgan fingerprint density at radius 3 is 2.56 bits per heavy atom. The number of anilines is 5. The van der Waals surface area contributed by atoms with Crippen LogP contribution in [0, 0.1) is 5.41 Å². The molecule has 2 aliphatic heterocycles. The molecule has 0 aliphatic carbocycles. The highest BCUT2D eigenvalue weighted by atomic mass is 16.5. The first-order valence-corrected chi connectivity index (χ1v) is 12.6. The van der Waals surface area contributed by atoms with Gasteiger partial charge in [0.05, 0.1) is 11.3 Å². The van der Waals surface area contributed by atoms with Crippen molar-refractivity contribution in [2.75, 3.05) is 61.1 Å². The summed E-state index contributed by atoms with van der Waals surface area (Å²) in [5.41, 5.74) is 10.9. The molecule has 5 rings (SSSR count). The summed E-state index contributed by atoms with van der Waals surface area (Å²) in [4.78, 5) is 14.3. The fraction of sp³-hybridized carbons (Fsp3) is 0.370. The van der Waals surface area contributed by atoms with Gasteiger partial charge in [0, 0.05) is 61.6 Å². The normalized spacial score (nSPS) is 18.6. The fourth-order valence-corrected chi connectivity index (χ4v) is 4.63. The highest BCUT2D eigenvalue weighted by Crippen LogP contribution is 2.30. The lowest BCUT2D eigenvalue weighted by atomic mass is 10.1. The van der Waals surface area contributed by atoms with Gasteiger partial charge in [0.25, 0.3) is 0 Å². The van der Waals surface area contributed by atoms with E-state index in [0.717, 1.165) is 63.3 Å². The Morgan fingerprint density at radius 2 is 1.86 bits per heavy atom. The Labute approximate surface area is 212 Å². The molecule has 0 bridgehead atoms. The molecule has 2 aromatic carbocycles. The number of nitrogens with one attached hydrogen (secondary N) is 3. The van der Waals surface area contributed by atoms with Gasteiger partial charge in [-0.25, -0.2) is 4.98 Å². The minimum absolute atomic E-state index is 0.142. The van der Waals surface area contributed by atoms with Gasteiger partial charge < -0.3 is 36.3 Å². The van der Waals surface area contributed by atoms with E-state index in [9.17, 15) is 0 Å². The lowest BCUT2D eigenvalue weighted by Gasteiger charge is -2.34. The molecule has 5 N–H and O–H groups in total. The van der Waals surface area contributed by atoms with Crippen molar-refractivity contribution in [2.45, 2.75) is 25.5 Å². The lowest BCUT2D eigenvalue weighted by Crippen LogP contribution is -2.44. The summed E-state index contributed by atoms with van der Waals surface area (Å²) < 4.78 is 5.89. The maximum Gasteiger partial charge on any atom is 0.229 e. The molecule has 3 aromatic rings. The van der Waals surface area contributed by atoms with Gasteiger partial charge in [-0.3, -0.25) is 0 Å². The number of rotatable bonds is 7. The molecule has 2 aliphatic rings. The predicted octanol–water partition coefficient (Wildman–Crippen LogP) is 4.16. The third-order valence-electron chi connectivity index (χ3n) is 6.72. The van der Waals surface area contributed by atoms with Crippen molar-refractivity contribution in [1.29, 1.82) is 5.41 Å². The maximum absolute atomic E-state index is 8.13. The molecule has 2 fully saturated rings. The molecule has 9 nitrogen and oxygen atoms in total. The summed E-state index contributed by atoms with van der Waals surface area (Å²) >= 11 is 0. The second-order valence-electron chi connectivity index (χ2n) is 9.39. The number of aromatic nitrogens is 2. The number of piperazine rings is 1. The average molecular weight is 487 g/mol. The molecule has 0 saturated carbocycles. The van der Waals surface area contributed by atoms with Gasteiger partial charge in [-0.05, 0) is 62.7 Å². The molecular formula is C27H34N8O. The minimum atomic E-state index is -0.142. The number of hydrogen-bond acceptors (Lipinski definition) is 9. The van der Waals surface area contributed by atoms with Crippen LogP contribution in [-0.2, 0) is 4.74 Å². The van der Waals surface area contributed by atoms with Gasteiger partial charge in [0.2, 0.25) is 5.95 Å². The second-order valence-corrected chi connectivity index (χ2v) is 9.39. The van der Waals surface area contributed by atoms with E-state index in [4.69, 9.17) is 25.8 Å². The number of benzene rings is 2. The molecule has 3 heterocycles. The number of ether oxygens (including phenoxy) is 1. The van der Waals surface area contributed by atoms with Gasteiger partial charge in [-0.15, -0.1) is 0 Å². The van der Waals surface area contributed by atoms with E-state index in [1.165, 1.54) is 11.9 Å². The summed E-state index contributed by atoms with van der Waals surface area (Å²) in [5.74, 6) is 1.02. The molecule has 36 heavy (non-hydrogen) atoms. The van der Waals surface area contributed by atoms with E-state index in [2.05, 4.69) is 51.7 Å². The van der Waals surface area contributed by atoms with Crippen LogP contribution in [0.1, 0.15) is 24.8 Å². The van der Waals surface area contributed by atoms with Crippen LogP contribution in [0.3, 0.4) is 0 Å². The van der Waals surface area contributed by atoms with Crippen LogP contribution in [0.4, 0.5) is 28.8 Å². The molecule has 1 atom stereocenters. The van der Waals surface area contributed by atoms with Crippen LogP contribution >= 0.6 is 0 Å². The topological polar surface area (TPSA) is 115 Å². The monoisotopic (exact) mass is 486 g/mol. The molecule has 9 heteroatoms. The molecule has 2 saturated heterocycles. The van der Waals surface area contributed by atoms with Crippen molar-refractivity contribution in [2.24, 2.45) is 0 Å². The van der Waals surface area contributed by atoms with Gasteiger partial charge in [0.15, 0.2) is 0 Å². The van der Waals surface area contributed by atoms with E-state index < -0.39 is 0 Å².